The fraction of sp³-hybridized carbons (Fsp3) is 0.273. The van der Waals surface area contributed by atoms with E-state index in [-0.39, 0.29) is 11.4 Å². The number of nitrogens with zero attached hydrogens (tertiary/aromatic N) is 3. The number of benzene rings is 2. The molecular weight excluding hydrogens is 341 g/mol. The number of pyridine rings is 1. The van der Waals surface area contributed by atoms with Crippen LogP contribution in [0.4, 0.5) is 10.1 Å². The van der Waals surface area contributed by atoms with E-state index in [2.05, 4.69) is 28.9 Å². The lowest BCUT2D eigenvalue weighted by Gasteiger charge is -2.25. The van der Waals surface area contributed by atoms with Crippen molar-refractivity contribution in [2.75, 3.05) is 31.1 Å². The van der Waals surface area contributed by atoms with Crippen LogP contribution >= 0.6 is 0 Å². The SMILES string of the molecule is Cc1ccccc1N1CCCN(C(=O)c2ccc3cccc(F)c3n2)CC1. The lowest BCUT2D eigenvalue weighted by Crippen LogP contribution is -2.35. The molecule has 0 N–H and O–H groups in total. The van der Waals surface area contributed by atoms with Crippen LogP contribution in [0.15, 0.2) is 54.6 Å². The standard InChI is InChI=1S/C22H22FN3O/c1-16-6-2-3-9-20(16)25-12-5-13-26(15-14-25)22(27)19-11-10-17-7-4-8-18(23)21(17)24-19/h2-4,6-11H,5,12-15H2,1H3. The highest BCUT2D eigenvalue weighted by Crippen LogP contribution is 2.22. The first-order valence-electron chi connectivity index (χ1n) is 9.28. The molecule has 0 radical (unpaired) electrons. The summed E-state index contributed by atoms with van der Waals surface area (Å²) in [5.41, 5.74) is 3.01. The molecule has 4 nitrogen and oxygen atoms in total. The predicted octanol–water partition coefficient (Wildman–Crippen LogP) is 4.03. The van der Waals surface area contributed by atoms with Crippen molar-refractivity contribution >= 4 is 22.5 Å². The molecule has 5 heteroatoms. The van der Waals surface area contributed by atoms with E-state index < -0.39 is 5.82 Å². The van der Waals surface area contributed by atoms with E-state index in [4.69, 9.17) is 0 Å². The molecular formula is C22H22FN3O. The molecule has 3 aromatic rings. The molecule has 138 valence electrons. The average molecular weight is 363 g/mol. The Morgan fingerprint density at radius 3 is 2.67 bits per heavy atom. The van der Waals surface area contributed by atoms with E-state index in [1.54, 1.807) is 24.3 Å². The van der Waals surface area contributed by atoms with Gasteiger partial charge in [0.15, 0.2) is 0 Å². The zero-order valence-corrected chi connectivity index (χ0v) is 15.4. The van der Waals surface area contributed by atoms with E-state index in [0.29, 0.717) is 24.2 Å². The van der Waals surface area contributed by atoms with Crippen molar-refractivity contribution < 1.29 is 9.18 Å². The number of carbonyl (C=O) groups excluding carboxylic acids is 1. The summed E-state index contributed by atoms with van der Waals surface area (Å²) in [6.07, 6.45) is 0.891. The van der Waals surface area contributed by atoms with Gasteiger partial charge in [-0.25, -0.2) is 9.37 Å². The van der Waals surface area contributed by atoms with Gasteiger partial charge in [0.2, 0.25) is 0 Å². The summed E-state index contributed by atoms with van der Waals surface area (Å²) >= 11 is 0. The first-order valence-corrected chi connectivity index (χ1v) is 9.28. The second-order valence-corrected chi connectivity index (χ2v) is 6.93. The molecule has 0 atom stereocenters. The molecule has 0 saturated carbocycles. The summed E-state index contributed by atoms with van der Waals surface area (Å²) < 4.78 is 14.0. The molecule has 0 spiro atoms. The average Bonchev–Trinajstić information content (AvgIpc) is 2.94. The van der Waals surface area contributed by atoms with Crippen molar-refractivity contribution in [2.45, 2.75) is 13.3 Å². The third-order valence-corrected chi connectivity index (χ3v) is 5.13. The van der Waals surface area contributed by atoms with Gasteiger partial charge in [0, 0.05) is 37.3 Å². The Morgan fingerprint density at radius 2 is 1.81 bits per heavy atom. The van der Waals surface area contributed by atoms with Crippen molar-refractivity contribution in [3.05, 3.63) is 71.7 Å². The Bertz CT molecular complexity index is 988. The topological polar surface area (TPSA) is 36.4 Å². The maximum atomic E-state index is 14.0. The van der Waals surface area contributed by atoms with Crippen LogP contribution in [-0.2, 0) is 0 Å². The van der Waals surface area contributed by atoms with Crippen LogP contribution in [0.1, 0.15) is 22.5 Å². The quantitative estimate of drug-likeness (QED) is 0.690. The zero-order chi connectivity index (χ0) is 18.8. The molecule has 27 heavy (non-hydrogen) atoms. The van der Waals surface area contributed by atoms with Crippen LogP contribution in [-0.4, -0.2) is 42.0 Å². The number of hydrogen-bond acceptors (Lipinski definition) is 3. The summed E-state index contributed by atoms with van der Waals surface area (Å²) in [4.78, 5) is 21.4. The minimum absolute atomic E-state index is 0.133. The molecule has 1 aliphatic rings. The van der Waals surface area contributed by atoms with E-state index in [9.17, 15) is 9.18 Å². The maximum absolute atomic E-state index is 14.0. The molecule has 1 amide bonds. The molecule has 1 fully saturated rings. The molecule has 4 rings (SSSR count). The fourth-order valence-corrected chi connectivity index (χ4v) is 3.67. The molecule has 0 aliphatic carbocycles. The third-order valence-electron chi connectivity index (χ3n) is 5.13. The van der Waals surface area contributed by atoms with Crippen molar-refractivity contribution in [1.29, 1.82) is 0 Å². The number of amides is 1. The van der Waals surface area contributed by atoms with Gasteiger partial charge in [-0.1, -0.05) is 36.4 Å². The second kappa shape index (κ2) is 7.35. The summed E-state index contributed by atoms with van der Waals surface area (Å²) in [5.74, 6) is -0.532. The van der Waals surface area contributed by atoms with Crippen LogP contribution in [0, 0.1) is 12.7 Å². The number of hydrogen-bond donors (Lipinski definition) is 0. The third kappa shape index (κ3) is 3.50. The number of fused-ring (bicyclic) bond motifs is 1. The highest BCUT2D eigenvalue weighted by Gasteiger charge is 2.22. The number of aryl methyl sites for hydroxylation is 1. The van der Waals surface area contributed by atoms with E-state index in [0.717, 1.165) is 19.5 Å². The zero-order valence-electron chi connectivity index (χ0n) is 15.4. The number of carbonyl (C=O) groups is 1. The Labute approximate surface area is 158 Å². The van der Waals surface area contributed by atoms with Gasteiger partial charge in [-0.15, -0.1) is 0 Å². The van der Waals surface area contributed by atoms with Gasteiger partial charge in [-0.05, 0) is 37.1 Å². The van der Waals surface area contributed by atoms with Crippen molar-refractivity contribution in [2.24, 2.45) is 0 Å². The number of aromatic nitrogens is 1. The van der Waals surface area contributed by atoms with Gasteiger partial charge < -0.3 is 9.80 Å². The van der Waals surface area contributed by atoms with Gasteiger partial charge in [0.1, 0.15) is 17.0 Å². The molecule has 1 aromatic heterocycles. The molecule has 0 bridgehead atoms. The Hall–Kier alpha value is -2.95. The smallest absolute Gasteiger partial charge is 0.272 e. The highest BCUT2D eigenvalue weighted by molar-refractivity contribution is 5.95. The predicted molar refractivity (Wildman–Crippen MR) is 106 cm³/mol. The molecule has 2 heterocycles. The van der Waals surface area contributed by atoms with Crippen molar-refractivity contribution in [3.8, 4) is 0 Å². The lowest BCUT2D eigenvalue weighted by atomic mass is 10.2. The van der Waals surface area contributed by atoms with Crippen LogP contribution < -0.4 is 4.90 Å². The van der Waals surface area contributed by atoms with E-state index in [1.165, 1.54) is 17.3 Å². The molecule has 1 saturated heterocycles. The minimum atomic E-state index is -0.399. The van der Waals surface area contributed by atoms with Gasteiger partial charge in [0.05, 0.1) is 0 Å². The Balaban J connectivity index is 1.53. The maximum Gasteiger partial charge on any atom is 0.272 e. The van der Waals surface area contributed by atoms with Crippen molar-refractivity contribution in [1.82, 2.24) is 9.88 Å². The van der Waals surface area contributed by atoms with E-state index >= 15 is 0 Å². The monoisotopic (exact) mass is 363 g/mol. The van der Waals surface area contributed by atoms with Gasteiger partial charge in [0.25, 0.3) is 5.91 Å². The minimum Gasteiger partial charge on any atom is -0.369 e. The van der Waals surface area contributed by atoms with Crippen LogP contribution in [0.3, 0.4) is 0 Å². The van der Waals surface area contributed by atoms with Gasteiger partial charge in [-0.2, -0.15) is 0 Å². The first-order chi connectivity index (χ1) is 13.1. The van der Waals surface area contributed by atoms with E-state index in [1.807, 2.05) is 17.0 Å². The number of para-hydroxylation sites is 2. The summed E-state index contributed by atoms with van der Waals surface area (Å²) in [5, 5.41) is 0.702. The molecule has 2 aromatic carbocycles. The highest BCUT2D eigenvalue weighted by atomic mass is 19.1. The largest absolute Gasteiger partial charge is 0.369 e. The molecule has 0 unspecified atom stereocenters. The Morgan fingerprint density at radius 1 is 0.963 bits per heavy atom. The number of rotatable bonds is 2. The second-order valence-electron chi connectivity index (χ2n) is 6.93. The van der Waals surface area contributed by atoms with Crippen LogP contribution in [0.25, 0.3) is 10.9 Å². The Kier molecular flexibility index (Phi) is 4.75. The van der Waals surface area contributed by atoms with Crippen LogP contribution in [0.2, 0.25) is 0 Å². The van der Waals surface area contributed by atoms with Crippen LogP contribution in [0.5, 0.6) is 0 Å². The van der Waals surface area contributed by atoms with Crippen molar-refractivity contribution in [3.63, 3.8) is 0 Å². The number of anilines is 1. The first kappa shape index (κ1) is 17.5. The summed E-state index contributed by atoms with van der Waals surface area (Å²) in [6.45, 7) is 5.10. The van der Waals surface area contributed by atoms with Gasteiger partial charge in [-0.3, -0.25) is 4.79 Å². The summed E-state index contributed by atoms with van der Waals surface area (Å²) in [7, 11) is 0. The van der Waals surface area contributed by atoms with Gasteiger partial charge >= 0.3 is 0 Å². The lowest BCUT2D eigenvalue weighted by molar-refractivity contribution is 0.0761. The fourth-order valence-electron chi connectivity index (χ4n) is 3.67. The number of halogens is 1. The molecule has 1 aliphatic heterocycles. The summed E-state index contributed by atoms with van der Waals surface area (Å²) in [6, 6.07) is 16.6. The normalized spacial score (nSPS) is 15.0.